The summed E-state index contributed by atoms with van der Waals surface area (Å²) >= 11 is 22.8. The van der Waals surface area contributed by atoms with E-state index in [1.807, 2.05) is 0 Å². The molecule has 0 bridgehead atoms. The van der Waals surface area contributed by atoms with Crippen LogP contribution < -0.4 is 4.72 Å². The Kier molecular flexibility index (Phi) is 5.67. The molecule has 0 unspecified atom stereocenters. The molecule has 8 heteroatoms. The third-order valence-electron chi connectivity index (χ3n) is 1.82. The Morgan fingerprint density at radius 2 is 1.65 bits per heavy atom. The molecule has 0 aliphatic rings. The average molecular weight is 337 g/mol. The molecular weight excluding hydrogens is 328 g/mol. The zero-order valence-electron chi connectivity index (χ0n) is 8.51. The van der Waals surface area contributed by atoms with Gasteiger partial charge in [0, 0.05) is 5.88 Å². The topological polar surface area (TPSA) is 46.2 Å². The molecule has 0 saturated heterocycles. The van der Waals surface area contributed by atoms with Gasteiger partial charge < -0.3 is 0 Å². The van der Waals surface area contributed by atoms with Crippen molar-refractivity contribution in [3.63, 3.8) is 0 Å². The zero-order valence-corrected chi connectivity index (χ0v) is 12.4. The van der Waals surface area contributed by atoms with Crippen molar-refractivity contribution in [2.75, 3.05) is 16.4 Å². The predicted molar refractivity (Wildman–Crippen MR) is 74.2 cm³/mol. The summed E-state index contributed by atoms with van der Waals surface area (Å²) in [7, 11) is -3.47. The number of hydrogen-bond acceptors (Lipinski definition) is 2. The Morgan fingerprint density at radius 3 is 2.24 bits per heavy atom. The largest absolute Gasteiger partial charge is 0.282 e. The third-order valence-corrected chi connectivity index (χ3v) is 4.48. The van der Waals surface area contributed by atoms with Gasteiger partial charge >= 0.3 is 0 Å². The summed E-state index contributed by atoms with van der Waals surface area (Å²) < 4.78 is 25.5. The van der Waals surface area contributed by atoms with Crippen LogP contribution in [0.2, 0.25) is 15.1 Å². The molecule has 0 aromatic heterocycles. The highest BCUT2D eigenvalue weighted by molar-refractivity contribution is 7.92. The number of rotatable bonds is 5. The zero-order chi connectivity index (χ0) is 13.1. The van der Waals surface area contributed by atoms with E-state index in [1.165, 1.54) is 12.1 Å². The highest BCUT2D eigenvalue weighted by Crippen LogP contribution is 2.32. The molecule has 0 aliphatic heterocycles. The van der Waals surface area contributed by atoms with Crippen molar-refractivity contribution in [3.05, 3.63) is 27.2 Å². The Hall–Kier alpha value is 0.130. The summed E-state index contributed by atoms with van der Waals surface area (Å²) in [6, 6.07) is 2.75. The first-order chi connectivity index (χ1) is 7.85. The van der Waals surface area contributed by atoms with E-state index >= 15 is 0 Å². The molecule has 1 N–H and O–H groups in total. The highest BCUT2D eigenvalue weighted by atomic mass is 35.5. The molecule has 0 heterocycles. The number of sulfonamides is 1. The SMILES string of the molecule is O=S(=O)(CCCCl)Nc1cc(Cl)c(Cl)cc1Cl. The molecule has 0 aliphatic carbocycles. The van der Waals surface area contributed by atoms with Crippen molar-refractivity contribution in [1.82, 2.24) is 0 Å². The summed E-state index contributed by atoms with van der Waals surface area (Å²) in [5, 5.41) is 0.681. The Balaban J connectivity index is 2.92. The quantitative estimate of drug-likeness (QED) is 0.652. The molecule has 0 radical (unpaired) electrons. The minimum absolute atomic E-state index is 0.0763. The van der Waals surface area contributed by atoms with Gasteiger partial charge in [0.2, 0.25) is 10.0 Å². The minimum atomic E-state index is -3.47. The smallest absolute Gasteiger partial charge is 0.232 e. The molecule has 0 saturated carbocycles. The molecule has 96 valence electrons. The first-order valence-corrected chi connectivity index (χ1v) is 7.89. The molecule has 0 spiro atoms. The molecule has 17 heavy (non-hydrogen) atoms. The standard InChI is InChI=1S/C9H9Cl4NO2S/c10-2-1-3-17(15,16)14-9-5-7(12)6(11)4-8(9)13/h4-5,14H,1-3H2. The molecule has 3 nitrogen and oxygen atoms in total. The number of benzene rings is 1. The Bertz CT molecular complexity index is 504. The van der Waals surface area contributed by atoms with Crippen molar-refractivity contribution in [1.29, 1.82) is 0 Å². The lowest BCUT2D eigenvalue weighted by molar-refractivity contribution is 0.600. The van der Waals surface area contributed by atoms with E-state index in [1.54, 1.807) is 0 Å². The van der Waals surface area contributed by atoms with E-state index in [0.29, 0.717) is 6.42 Å². The van der Waals surface area contributed by atoms with Crippen molar-refractivity contribution in [2.24, 2.45) is 0 Å². The summed E-state index contributed by atoms with van der Waals surface area (Å²) in [4.78, 5) is 0. The van der Waals surface area contributed by atoms with Crippen LogP contribution in [0.3, 0.4) is 0 Å². The maximum absolute atomic E-state index is 11.6. The molecule has 0 fully saturated rings. The van der Waals surface area contributed by atoms with Crippen molar-refractivity contribution >= 4 is 62.1 Å². The summed E-state index contributed by atoms with van der Waals surface area (Å²) in [6.45, 7) is 0. The molecule has 0 amide bonds. The van der Waals surface area contributed by atoms with Crippen molar-refractivity contribution in [2.45, 2.75) is 6.42 Å². The van der Waals surface area contributed by atoms with Crippen LogP contribution in [0.1, 0.15) is 6.42 Å². The molecular formula is C9H9Cl4NO2S. The fourth-order valence-electron chi connectivity index (χ4n) is 1.06. The van der Waals surface area contributed by atoms with Gasteiger partial charge in [-0.15, -0.1) is 11.6 Å². The fraction of sp³-hybridized carbons (Fsp3) is 0.333. The second kappa shape index (κ2) is 6.34. The monoisotopic (exact) mass is 335 g/mol. The van der Waals surface area contributed by atoms with E-state index in [-0.39, 0.29) is 32.4 Å². The average Bonchev–Trinajstić information content (AvgIpc) is 2.23. The van der Waals surface area contributed by atoms with Crippen LogP contribution in [0.15, 0.2) is 12.1 Å². The van der Waals surface area contributed by atoms with Gasteiger partial charge in [-0.1, -0.05) is 34.8 Å². The first kappa shape index (κ1) is 15.2. The van der Waals surface area contributed by atoms with Crippen LogP contribution in [0.4, 0.5) is 5.69 Å². The highest BCUT2D eigenvalue weighted by Gasteiger charge is 2.13. The summed E-state index contributed by atoms with van der Waals surface area (Å²) in [6.07, 6.45) is 0.357. The summed E-state index contributed by atoms with van der Waals surface area (Å²) in [5.41, 5.74) is 0.204. The lowest BCUT2D eigenvalue weighted by Gasteiger charge is -2.10. The van der Waals surface area contributed by atoms with E-state index in [9.17, 15) is 8.42 Å². The van der Waals surface area contributed by atoms with Crippen LogP contribution in [-0.4, -0.2) is 20.1 Å². The predicted octanol–water partition coefficient (Wildman–Crippen LogP) is 4.02. The Morgan fingerprint density at radius 1 is 1.06 bits per heavy atom. The van der Waals surface area contributed by atoms with E-state index in [0.717, 1.165) is 0 Å². The van der Waals surface area contributed by atoms with Crippen LogP contribution in [-0.2, 0) is 10.0 Å². The van der Waals surface area contributed by atoms with Gasteiger partial charge in [0.25, 0.3) is 0 Å². The van der Waals surface area contributed by atoms with Gasteiger partial charge in [-0.2, -0.15) is 0 Å². The second-order valence-electron chi connectivity index (χ2n) is 3.21. The van der Waals surface area contributed by atoms with E-state index in [2.05, 4.69) is 4.72 Å². The molecule has 1 rings (SSSR count). The van der Waals surface area contributed by atoms with Gasteiger partial charge in [-0.25, -0.2) is 8.42 Å². The van der Waals surface area contributed by atoms with Crippen LogP contribution >= 0.6 is 46.4 Å². The molecule has 0 atom stereocenters. The third kappa shape index (κ3) is 4.72. The lowest BCUT2D eigenvalue weighted by atomic mass is 10.3. The summed E-state index contributed by atoms with van der Waals surface area (Å²) in [5.74, 6) is 0.198. The van der Waals surface area contributed by atoms with Crippen molar-refractivity contribution in [3.8, 4) is 0 Å². The van der Waals surface area contributed by atoms with E-state index in [4.69, 9.17) is 46.4 Å². The van der Waals surface area contributed by atoms with Gasteiger partial charge in [0.05, 0.1) is 26.5 Å². The second-order valence-corrected chi connectivity index (χ2v) is 6.65. The number of halogens is 4. The van der Waals surface area contributed by atoms with Gasteiger partial charge in [0.1, 0.15) is 0 Å². The number of alkyl halides is 1. The first-order valence-electron chi connectivity index (χ1n) is 4.57. The normalized spacial score (nSPS) is 11.5. The van der Waals surface area contributed by atoms with Crippen LogP contribution in [0.5, 0.6) is 0 Å². The van der Waals surface area contributed by atoms with Crippen LogP contribution in [0.25, 0.3) is 0 Å². The van der Waals surface area contributed by atoms with Crippen molar-refractivity contribution < 1.29 is 8.42 Å². The van der Waals surface area contributed by atoms with Gasteiger partial charge in [-0.05, 0) is 18.6 Å². The number of hydrogen-bond donors (Lipinski definition) is 1. The molecule has 1 aromatic rings. The maximum atomic E-state index is 11.6. The van der Waals surface area contributed by atoms with Crippen LogP contribution in [0, 0.1) is 0 Å². The number of anilines is 1. The molecule has 1 aromatic carbocycles. The minimum Gasteiger partial charge on any atom is -0.282 e. The van der Waals surface area contributed by atoms with Gasteiger partial charge in [-0.3, -0.25) is 4.72 Å². The lowest BCUT2D eigenvalue weighted by Crippen LogP contribution is -2.17. The Labute approximate surface area is 120 Å². The number of nitrogens with one attached hydrogen (secondary N) is 1. The van der Waals surface area contributed by atoms with E-state index < -0.39 is 10.0 Å². The maximum Gasteiger partial charge on any atom is 0.232 e. The fourth-order valence-corrected chi connectivity index (χ4v) is 3.14. The van der Waals surface area contributed by atoms with Gasteiger partial charge in [0.15, 0.2) is 0 Å².